The fourth-order valence-electron chi connectivity index (χ4n) is 3.65. The summed E-state index contributed by atoms with van der Waals surface area (Å²) in [5, 5.41) is 10.8. The van der Waals surface area contributed by atoms with Crippen LogP contribution in [0.15, 0.2) is 47.4 Å². The highest BCUT2D eigenvalue weighted by molar-refractivity contribution is 7.89. The Morgan fingerprint density at radius 2 is 1.85 bits per heavy atom. The smallest absolute Gasteiger partial charge is 0.286 e. The fraction of sp³-hybridized carbons (Fsp3) is 0.318. The van der Waals surface area contributed by atoms with E-state index in [1.165, 1.54) is 10.4 Å². The van der Waals surface area contributed by atoms with Gasteiger partial charge >= 0.3 is 0 Å². The van der Waals surface area contributed by atoms with Gasteiger partial charge < -0.3 is 5.32 Å². The quantitative estimate of drug-likeness (QED) is 0.538. The Hall–Kier alpha value is -2.76. The number of nitrogens with zero attached hydrogens (tertiary/aromatic N) is 3. The number of aromatic nitrogens is 2. The van der Waals surface area contributed by atoms with Crippen molar-refractivity contribution in [3.8, 4) is 0 Å². The Bertz CT molecular complexity index is 1280. The van der Waals surface area contributed by atoms with E-state index in [1.807, 2.05) is 26.0 Å². The molecule has 1 aromatic heterocycles. The van der Waals surface area contributed by atoms with Gasteiger partial charge in [0.15, 0.2) is 11.6 Å². The average Bonchev–Trinajstić information content (AvgIpc) is 3.46. The van der Waals surface area contributed by atoms with Crippen molar-refractivity contribution < 1.29 is 22.0 Å². The molecule has 0 spiro atoms. The van der Waals surface area contributed by atoms with Crippen molar-refractivity contribution in [2.45, 2.75) is 43.5 Å². The lowest BCUT2D eigenvalue weighted by Gasteiger charge is -2.22. The normalized spacial score (nSPS) is 16.9. The van der Waals surface area contributed by atoms with Crippen LogP contribution >= 0.6 is 11.3 Å². The minimum Gasteiger partial charge on any atom is -0.320 e. The van der Waals surface area contributed by atoms with Crippen LogP contribution in [0, 0.1) is 11.6 Å². The number of nitrogens with one attached hydrogen (secondary N) is 1. The standard InChI is InChI=1S/C22H22F2N4O3S2/c1-13(2)14-5-8-16(9-6-14)33(30,31)28-11-3-4-19(28)21-26-27-22(32-21)20(29)25-15-7-10-17(23)18(24)12-15/h5-10,12-13,19H,3-4,11H2,1-2H3,(H,25,29)/t19-/m1/s1. The average molecular weight is 493 g/mol. The molecule has 2 aromatic carbocycles. The molecular weight excluding hydrogens is 470 g/mol. The molecule has 174 valence electrons. The van der Waals surface area contributed by atoms with Gasteiger partial charge in [0, 0.05) is 18.3 Å². The van der Waals surface area contributed by atoms with Gasteiger partial charge in [0.1, 0.15) is 5.01 Å². The number of anilines is 1. The number of benzene rings is 2. The van der Waals surface area contributed by atoms with Gasteiger partial charge in [0.25, 0.3) is 5.91 Å². The Morgan fingerprint density at radius 1 is 1.12 bits per heavy atom. The van der Waals surface area contributed by atoms with Crippen LogP contribution in [0.4, 0.5) is 14.5 Å². The number of rotatable bonds is 6. The second kappa shape index (κ2) is 9.24. The van der Waals surface area contributed by atoms with Crippen molar-refractivity contribution in [2.24, 2.45) is 0 Å². The minimum atomic E-state index is -3.75. The highest BCUT2D eigenvalue weighted by atomic mass is 32.2. The summed E-state index contributed by atoms with van der Waals surface area (Å²) in [4.78, 5) is 12.7. The van der Waals surface area contributed by atoms with E-state index in [-0.39, 0.29) is 15.6 Å². The molecule has 1 aliphatic heterocycles. The van der Waals surface area contributed by atoms with E-state index in [0.29, 0.717) is 30.3 Å². The number of carbonyl (C=O) groups excluding carboxylic acids is 1. The monoisotopic (exact) mass is 492 g/mol. The largest absolute Gasteiger partial charge is 0.320 e. The van der Waals surface area contributed by atoms with E-state index in [2.05, 4.69) is 15.5 Å². The Balaban J connectivity index is 1.53. The van der Waals surface area contributed by atoms with Gasteiger partial charge in [-0.15, -0.1) is 10.2 Å². The molecule has 1 amide bonds. The molecule has 0 aliphatic carbocycles. The predicted molar refractivity (Wildman–Crippen MR) is 121 cm³/mol. The van der Waals surface area contributed by atoms with Crippen LogP contribution < -0.4 is 5.32 Å². The summed E-state index contributed by atoms with van der Waals surface area (Å²) in [6.07, 6.45) is 1.21. The first-order chi connectivity index (χ1) is 15.7. The van der Waals surface area contributed by atoms with Crippen molar-refractivity contribution >= 4 is 33.0 Å². The Labute approximate surface area is 194 Å². The molecule has 4 rings (SSSR count). The van der Waals surface area contributed by atoms with Gasteiger partial charge in [-0.1, -0.05) is 37.3 Å². The first-order valence-corrected chi connectivity index (χ1v) is 12.6. The van der Waals surface area contributed by atoms with Crippen molar-refractivity contribution in [3.63, 3.8) is 0 Å². The second-order valence-corrected chi connectivity index (χ2v) is 10.9. The van der Waals surface area contributed by atoms with Crippen LogP contribution in [0.3, 0.4) is 0 Å². The molecule has 1 atom stereocenters. The minimum absolute atomic E-state index is 0.000248. The summed E-state index contributed by atoms with van der Waals surface area (Å²) in [6, 6.07) is 9.33. The molecule has 1 N–H and O–H groups in total. The van der Waals surface area contributed by atoms with Gasteiger partial charge in [-0.3, -0.25) is 4.79 Å². The van der Waals surface area contributed by atoms with Crippen molar-refractivity contribution in [1.29, 1.82) is 0 Å². The lowest BCUT2D eigenvalue weighted by molar-refractivity contribution is 0.102. The third kappa shape index (κ3) is 4.80. The van der Waals surface area contributed by atoms with Crippen molar-refractivity contribution in [2.75, 3.05) is 11.9 Å². The molecule has 1 saturated heterocycles. The molecule has 3 aromatic rings. The summed E-state index contributed by atoms with van der Waals surface area (Å²) in [7, 11) is -3.75. The zero-order valence-electron chi connectivity index (χ0n) is 18.0. The summed E-state index contributed by atoms with van der Waals surface area (Å²) in [5.74, 6) is -2.45. The third-order valence-electron chi connectivity index (χ3n) is 5.45. The number of hydrogen-bond acceptors (Lipinski definition) is 6. The van der Waals surface area contributed by atoms with E-state index < -0.39 is 33.6 Å². The number of carbonyl (C=O) groups is 1. The molecule has 1 fully saturated rings. The SMILES string of the molecule is CC(C)c1ccc(S(=O)(=O)N2CCC[C@@H]2c2nnc(C(=O)Nc3ccc(F)c(F)c3)s2)cc1. The van der Waals surface area contributed by atoms with E-state index in [4.69, 9.17) is 0 Å². The summed E-state index contributed by atoms with van der Waals surface area (Å²) >= 11 is 0.978. The topological polar surface area (TPSA) is 92.3 Å². The molecule has 0 unspecified atom stereocenters. The van der Waals surface area contributed by atoms with Crippen LogP contribution in [-0.2, 0) is 10.0 Å². The third-order valence-corrected chi connectivity index (χ3v) is 8.40. The first-order valence-electron chi connectivity index (χ1n) is 10.4. The van der Waals surface area contributed by atoms with Crippen LogP contribution in [0.2, 0.25) is 0 Å². The zero-order chi connectivity index (χ0) is 23.8. The molecule has 7 nitrogen and oxygen atoms in total. The maximum atomic E-state index is 13.4. The lowest BCUT2D eigenvalue weighted by atomic mass is 10.0. The molecular formula is C22H22F2N4O3S2. The van der Waals surface area contributed by atoms with Crippen LogP contribution in [0.1, 0.15) is 59.0 Å². The van der Waals surface area contributed by atoms with Crippen LogP contribution in [0.25, 0.3) is 0 Å². The van der Waals surface area contributed by atoms with Crippen LogP contribution in [0.5, 0.6) is 0 Å². The fourth-order valence-corrected chi connectivity index (χ4v) is 6.27. The summed E-state index contributed by atoms with van der Waals surface area (Å²) in [6.45, 7) is 4.42. The molecule has 11 heteroatoms. The Kier molecular flexibility index (Phi) is 6.55. The molecule has 1 aliphatic rings. The number of hydrogen-bond donors (Lipinski definition) is 1. The van der Waals surface area contributed by atoms with Gasteiger partial charge in [0.2, 0.25) is 15.0 Å². The lowest BCUT2D eigenvalue weighted by Crippen LogP contribution is -2.30. The highest BCUT2D eigenvalue weighted by Gasteiger charge is 2.38. The second-order valence-electron chi connectivity index (χ2n) is 8.03. The predicted octanol–water partition coefficient (Wildman–Crippen LogP) is 4.72. The maximum Gasteiger partial charge on any atom is 0.286 e. The molecule has 0 radical (unpaired) electrons. The van der Waals surface area contributed by atoms with Crippen molar-refractivity contribution in [1.82, 2.24) is 14.5 Å². The number of amides is 1. The maximum absolute atomic E-state index is 13.4. The van der Waals surface area contributed by atoms with Gasteiger partial charge in [0.05, 0.1) is 10.9 Å². The van der Waals surface area contributed by atoms with Gasteiger partial charge in [-0.2, -0.15) is 4.31 Å². The molecule has 0 saturated carbocycles. The first kappa shape index (κ1) is 23.4. The molecule has 33 heavy (non-hydrogen) atoms. The zero-order valence-corrected chi connectivity index (χ0v) is 19.6. The number of halogens is 2. The van der Waals surface area contributed by atoms with Crippen molar-refractivity contribution in [3.05, 3.63) is 69.7 Å². The summed E-state index contributed by atoms with van der Waals surface area (Å²) < 4.78 is 54.4. The van der Waals surface area contributed by atoms with Gasteiger partial charge in [-0.05, 0) is 48.6 Å². The van der Waals surface area contributed by atoms with E-state index >= 15 is 0 Å². The highest BCUT2D eigenvalue weighted by Crippen LogP contribution is 2.38. The Morgan fingerprint density at radius 3 is 2.52 bits per heavy atom. The number of sulfonamides is 1. The van der Waals surface area contributed by atoms with Gasteiger partial charge in [-0.25, -0.2) is 17.2 Å². The molecule has 0 bridgehead atoms. The molecule has 2 heterocycles. The summed E-state index contributed by atoms with van der Waals surface area (Å²) in [5.41, 5.74) is 1.12. The van der Waals surface area contributed by atoms with E-state index in [1.54, 1.807) is 12.1 Å². The van der Waals surface area contributed by atoms with E-state index in [0.717, 1.165) is 29.0 Å². The van der Waals surface area contributed by atoms with E-state index in [9.17, 15) is 22.0 Å². The van der Waals surface area contributed by atoms with Crippen LogP contribution in [-0.4, -0.2) is 35.4 Å².